The van der Waals surface area contributed by atoms with Crippen LogP contribution >= 0.6 is 27.7 Å². The van der Waals surface area contributed by atoms with Gasteiger partial charge in [0.25, 0.3) is 5.22 Å². The first-order valence-corrected chi connectivity index (χ1v) is 12.0. The molecule has 0 bridgehead atoms. The van der Waals surface area contributed by atoms with E-state index in [1.54, 1.807) is 0 Å². The van der Waals surface area contributed by atoms with Crippen LogP contribution in [0.5, 0.6) is 0 Å². The summed E-state index contributed by atoms with van der Waals surface area (Å²) in [6, 6.07) is 15.6. The van der Waals surface area contributed by atoms with E-state index in [1.807, 2.05) is 36.4 Å². The Hall–Kier alpha value is -2.36. The lowest BCUT2D eigenvalue weighted by Gasteiger charge is -2.35. The van der Waals surface area contributed by atoms with Crippen molar-refractivity contribution in [3.05, 3.63) is 53.0 Å². The largest absolute Gasteiger partial charge is 0.411 e. The van der Waals surface area contributed by atoms with Crippen molar-refractivity contribution >= 4 is 45.0 Å². The number of carbonyl (C=O) groups excluding carboxylic acids is 1. The molecule has 31 heavy (non-hydrogen) atoms. The number of halogens is 1. The standard InChI is InChI=1S/C22H24BrN5O2S/c1-2-27-11-13-28(14-12-27)17-9-7-16(8-10-17)24-20(29)15-31-22-26-25-21(30-22)18-5-3-4-6-19(18)23/h3-10H,2,11-15H2,1H3,(H,24,29). The lowest BCUT2D eigenvalue weighted by atomic mass is 10.2. The molecule has 162 valence electrons. The highest BCUT2D eigenvalue weighted by Crippen LogP contribution is 2.29. The van der Waals surface area contributed by atoms with E-state index in [-0.39, 0.29) is 11.7 Å². The molecular weight excluding hydrogens is 478 g/mol. The van der Waals surface area contributed by atoms with Crippen LogP contribution in [0.4, 0.5) is 11.4 Å². The number of benzene rings is 2. The van der Waals surface area contributed by atoms with Gasteiger partial charge in [-0.3, -0.25) is 4.79 Å². The summed E-state index contributed by atoms with van der Waals surface area (Å²) < 4.78 is 6.55. The van der Waals surface area contributed by atoms with Crippen molar-refractivity contribution in [2.45, 2.75) is 12.1 Å². The van der Waals surface area contributed by atoms with Crippen LogP contribution in [0.2, 0.25) is 0 Å². The molecule has 0 unspecified atom stereocenters. The van der Waals surface area contributed by atoms with Crippen molar-refractivity contribution in [1.29, 1.82) is 0 Å². The Kier molecular flexibility index (Phi) is 7.26. The molecule has 2 aromatic carbocycles. The number of amides is 1. The molecule has 9 heteroatoms. The number of hydrogen-bond donors (Lipinski definition) is 1. The number of anilines is 2. The summed E-state index contributed by atoms with van der Waals surface area (Å²) in [5.74, 6) is 0.499. The van der Waals surface area contributed by atoms with Gasteiger partial charge in [0.1, 0.15) is 0 Å². The van der Waals surface area contributed by atoms with Gasteiger partial charge in [-0.1, -0.05) is 30.8 Å². The van der Waals surface area contributed by atoms with Crippen molar-refractivity contribution < 1.29 is 9.21 Å². The number of piperazine rings is 1. The summed E-state index contributed by atoms with van der Waals surface area (Å²) >= 11 is 4.69. The molecule has 0 radical (unpaired) electrons. The third-order valence-electron chi connectivity index (χ3n) is 5.17. The average Bonchev–Trinajstić information content (AvgIpc) is 3.27. The molecule has 0 saturated carbocycles. The summed E-state index contributed by atoms with van der Waals surface area (Å²) in [5.41, 5.74) is 2.79. The Labute approximate surface area is 194 Å². The zero-order valence-corrected chi connectivity index (χ0v) is 19.7. The summed E-state index contributed by atoms with van der Waals surface area (Å²) in [6.45, 7) is 7.54. The van der Waals surface area contributed by atoms with E-state index in [0.717, 1.165) is 48.4 Å². The fourth-order valence-corrected chi connectivity index (χ4v) is 4.43. The van der Waals surface area contributed by atoms with E-state index in [1.165, 1.54) is 17.4 Å². The number of hydrogen-bond acceptors (Lipinski definition) is 7. The van der Waals surface area contributed by atoms with Gasteiger partial charge in [0, 0.05) is 42.0 Å². The van der Waals surface area contributed by atoms with E-state index in [4.69, 9.17) is 4.42 Å². The van der Waals surface area contributed by atoms with Gasteiger partial charge in [-0.25, -0.2) is 0 Å². The Bertz CT molecular complexity index is 1020. The van der Waals surface area contributed by atoms with Crippen LogP contribution in [0.15, 0.2) is 62.6 Å². The van der Waals surface area contributed by atoms with Gasteiger partial charge in [-0.2, -0.15) is 0 Å². The van der Waals surface area contributed by atoms with Crippen molar-refractivity contribution in [2.75, 3.05) is 48.7 Å². The number of aromatic nitrogens is 2. The van der Waals surface area contributed by atoms with Gasteiger partial charge < -0.3 is 19.5 Å². The second-order valence-corrected chi connectivity index (χ2v) is 8.94. The normalized spacial score (nSPS) is 14.6. The first-order chi connectivity index (χ1) is 15.1. The molecule has 1 saturated heterocycles. The quantitative estimate of drug-likeness (QED) is 0.481. The van der Waals surface area contributed by atoms with E-state index in [9.17, 15) is 4.79 Å². The number of carbonyl (C=O) groups is 1. The molecule has 1 aliphatic heterocycles. The van der Waals surface area contributed by atoms with Crippen LogP contribution < -0.4 is 10.2 Å². The lowest BCUT2D eigenvalue weighted by molar-refractivity contribution is -0.113. The van der Waals surface area contributed by atoms with Crippen LogP contribution in [-0.2, 0) is 4.79 Å². The average molecular weight is 502 g/mol. The third-order valence-corrected chi connectivity index (χ3v) is 6.68. The highest BCUT2D eigenvalue weighted by atomic mass is 79.9. The molecule has 0 atom stereocenters. The number of nitrogens with zero attached hydrogens (tertiary/aromatic N) is 4. The number of rotatable bonds is 7. The maximum atomic E-state index is 12.3. The monoisotopic (exact) mass is 501 g/mol. The Morgan fingerprint density at radius 2 is 1.84 bits per heavy atom. The molecule has 1 N–H and O–H groups in total. The molecule has 1 aromatic heterocycles. The molecular formula is C22H24BrN5O2S. The second kappa shape index (κ2) is 10.3. The highest BCUT2D eigenvalue weighted by Gasteiger charge is 2.16. The Balaban J connectivity index is 1.27. The first-order valence-electron chi connectivity index (χ1n) is 10.2. The predicted octanol–water partition coefficient (Wildman–Crippen LogP) is 4.37. The van der Waals surface area contributed by atoms with Crippen molar-refractivity contribution in [2.24, 2.45) is 0 Å². The lowest BCUT2D eigenvalue weighted by Crippen LogP contribution is -2.46. The second-order valence-electron chi connectivity index (χ2n) is 7.16. The smallest absolute Gasteiger partial charge is 0.277 e. The zero-order valence-electron chi connectivity index (χ0n) is 17.3. The fourth-order valence-electron chi connectivity index (χ4n) is 3.41. The van der Waals surface area contributed by atoms with Crippen LogP contribution in [0, 0.1) is 0 Å². The minimum Gasteiger partial charge on any atom is -0.411 e. The van der Waals surface area contributed by atoms with Crippen molar-refractivity contribution in [3.63, 3.8) is 0 Å². The molecule has 1 aliphatic rings. The number of likely N-dealkylation sites (N-methyl/N-ethyl adjacent to an activating group) is 1. The molecule has 1 amide bonds. The summed E-state index contributed by atoms with van der Waals surface area (Å²) in [6.07, 6.45) is 0. The summed E-state index contributed by atoms with van der Waals surface area (Å²) in [5, 5.41) is 11.4. The zero-order chi connectivity index (χ0) is 21.6. The maximum absolute atomic E-state index is 12.3. The number of nitrogens with one attached hydrogen (secondary N) is 1. The molecule has 1 fully saturated rings. The highest BCUT2D eigenvalue weighted by molar-refractivity contribution is 9.10. The van der Waals surface area contributed by atoms with Crippen LogP contribution in [0.1, 0.15) is 6.92 Å². The van der Waals surface area contributed by atoms with Gasteiger partial charge in [-0.05, 0) is 58.9 Å². The van der Waals surface area contributed by atoms with Gasteiger partial charge in [0.2, 0.25) is 11.8 Å². The predicted molar refractivity (Wildman–Crippen MR) is 128 cm³/mol. The van der Waals surface area contributed by atoms with Crippen molar-refractivity contribution in [1.82, 2.24) is 15.1 Å². The summed E-state index contributed by atoms with van der Waals surface area (Å²) in [7, 11) is 0. The minimum atomic E-state index is -0.116. The fraction of sp³-hybridized carbons (Fsp3) is 0.318. The van der Waals surface area contributed by atoms with E-state index >= 15 is 0 Å². The van der Waals surface area contributed by atoms with Gasteiger partial charge in [0.05, 0.1) is 11.3 Å². The van der Waals surface area contributed by atoms with Crippen LogP contribution in [-0.4, -0.2) is 59.5 Å². The molecule has 0 aliphatic carbocycles. The molecule has 4 rings (SSSR count). The van der Waals surface area contributed by atoms with Gasteiger partial charge in [-0.15, -0.1) is 10.2 Å². The van der Waals surface area contributed by atoms with E-state index < -0.39 is 0 Å². The molecule has 7 nitrogen and oxygen atoms in total. The molecule has 3 aromatic rings. The van der Waals surface area contributed by atoms with Gasteiger partial charge in [0.15, 0.2) is 0 Å². The minimum absolute atomic E-state index is 0.116. The molecule has 2 heterocycles. The third kappa shape index (κ3) is 5.66. The van der Waals surface area contributed by atoms with E-state index in [0.29, 0.717) is 11.1 Å². The summed E-state index contributed by atoms with van der Waals surface area (Å²) in [4.78, 5) is 17.2. The van der Waals surface area contributed by atoms with Gasteiger partial charge >= 0.3 is 0 Å². The Morgan fingerprint density at radius 1 is 1.10 bits per heavy atom. The van der Waals surface area contributed by atoms with E-state index in [2.05, 4.69) is 60.3 Å². The molecule has 0 spiro atoms. The first kappa shape index (κ1) is 21.9. The van der Waals surface area contributed by atoms with Crippen LogP contribution in [0.25, 0.3) is 11.5 Å². The topological polar surface area (TPSA) is 74.5 Å². The van der Waals surface area contributed by atoms with Crippen LogP contribution in [0.3, 0.4) is 0 Å². The number of thioether (sulfide) groups is 1. The Morgan fingerprint density at radius 3 is 2.55 bits per heavy atom. The van der Waals surface area contributed by atoms with Crippen molar-refractivity contribution in [3.8, 4) is 11.5 Å². The maximum Gasteiger partial charge on any atom is 0.277 e. The SMILES string of the molecule is CCN1CCN(c2ccc(NC(=O)CSc3nnc(-c4ccccc4Br)o3)cc2)CC1.